The maximum atomic E-state index is 15.7. The van der Waals surface area contributed by atoms with E-state index in [0.29, 0.717) is 59.5 Å². The molecule has 0 bridgehead atoms. The van der Waals surface area contributed by atoms with Gasteiger partial charge in [-0.3, -0.25) is 14.6 Å². The lowest BCUT2D eigenvalue weighted by molar-refractivity contribution is -0.130. The molecule has 3 aromatic carbocycles. The summed E-state index contributed by atoms with van der Waals surface area (Å²) in [4.78, 5) is 27.1. The van der Waals surface area contributed by atoms with E-state index in [4.69, 9.17) is 25.5 Å². The van der Waals surface area contributed by atoms with Gasteiger partial charge in [0.05, 0.1) is 36.5 Å². The van der Waals surface area contributed by atoms with Gasteiger partial charge in [-0.05, 0) is 86.5 Å². The number of hydrogen-bond acceptors (Lipinski definition) is 10. The van der Waals surface area contributed by atoms with Crippen LogP contribution in [0.1, 0.15) is 49.3 Å². The highest BCUT2D eigenvalue weighted by Gasteiger charge is 2.65. The normalized spacial score (nSPS) is 23.4. The van der Waals surface area contributed by atoms with Crippen LogP contribution < -0.4 is 13.8 Å². The smallest absolute Gasteiger partial charge is 0.271 e. The highest BCUT2D eigenvalue weighted by Crippen LogP contribution is 2.58. The van der Waals surface area contributed by atoms with Crippen LogP contribution in [0.15, 0.2) is 82.4 Å². The number of oxazole rings is 1. The first-order valence-electron chi connectivity index (χ1n) is 16.9. The molecule has 4 heterocycles. The zero-order valence-electron chi connectivity index (χ0n) is 28.8. The molecule has 7 rings (SSSR count). The van der Waals surface area contributed by atoms with Crippen molar-refractivity contribution in [1.82, 2.24) is 19.7 Å². The van der Waals surface area contributed by atoms with Gasteiger partial charge in [0.1, 0.15) is 17.8 Å². The van der Waals surface area contributed by atoms with Gasteiger partial charge >= 0.3 is 0 Å². The summed E-state index contributed by atoms with van der Waals surface area (Å²) < 4.78 is 47.6. The first-order valence-corrected chi connectivity index (χ1v) is 18.7. The molecule has 11 nitrogen and oxygen atoms in total. The Hall–Kier alpha value is -3.94. The standard InChI is InChI=1S/C37H42ClN5O6S/c1-5-40-18-20-41(21-19-40)25-26-7-14-33(48-4)31(23-26)37(42-17-6-15-36(42,2)34-39-16-22-49-34)30-24-27(38)8-13-32(30)43(35(37)44)50(45,46)29-11-9-28(47-3)10-12-29/h7-14,16,22-24H,5-6,15,17-21,25H2,1-4H3. The van der Waals surface area contributed by atoms with Gasteiger partial charge in [-0.1, -0.05) is 24.6 Å². The van der Waals surface area contributed by atoms with E-state index in [1.54, 1.807) is 43.6 Å². The molecule has 3 aliphatic heterocycles. The number of likely N-dealkylation sites (N-methyl/N-ethyl adjacent to an activating group) is 1. The van der Waals surface area contributed by atoms with Gasteiger partial charge in [-0.2, -0.15) is 0 Å². The van der Waals surface area contributed by atoms with Crippen molar-refractivity contribution in [3.63, 3.8) is 0 Å². The number of hydrogen-bond donors (Lipinski definition) is 0. The molecular formula is C37H42ClN5O6S. The molecule has 2 unspecified atom stereocenters. The summed E-state index contributed by atoms with van der Waals surface area (Å²) >= 11 is 6.75. The SMILES string of the molecule is CCN1CCN(Cc2ccc(OC)c(C3(N4CCCC4(C)c4ncco4)C(=O)N(S(=O)(=O)c4ccc(OC)cc4)c4ccc(Cl)cc43)c2)CC1. The molecule has 2 saturated heterocycles. The number of anilines is 1. The maximum absolute atomic E-state index is 15.7. The summed E-state index contributed by atoms with van der Waals surface area (Å²) in [6.45, 7) is 10.1. The molecule has 0 spiro atoms. The number of amides is 1. The number of carbonyl (C=O) groups is 1. The number of piperazine rings is 1. The minimum atomic E-state index is -4.43. The molecule has 13 heteroatoms. The second-order valence-electron chi connectivity index (χ2n) is 13.2. The van der Waals surface area contributed by atoms with Gasteiger partial charge < -0.3 is 18.8 Å². The Labute approximate surface area is 298 Å². The molecule has 0 N–H and O–H groups in total. The number of nitrogens with zero attached hydrogens (tertiary/aromatic N) is 5. The quantitative estimate of drug-likeness (QED) is 0.209. The number of ether oxygens (including phenoxy) is 2. The zero-order valence-corrected chi connectivity index (χ0v) is 30.3. The lowest BCUT2D eigenvalue weighted by Gasteiger charge is -2.46. The van der Waals surface area contributed by atoms with E-state index in [1.807, 2.05) is 25.1 Å². The molecule has 2 fully saturated rings. The number of fused-ring (bicyclic) bond motifs is 1. The maximum Gasteiger partial charge on any atom is 0.271 e. The lowest BCUT2D eigenvalue weighted by atomic mass is 9.78. The van der Waals surface area contributed by atoms with Gasteiger partial charge in [-0.25, -0.2) is 17.7 Å². The molecule has 1 amide bonds. The lowest BCUT2D eigenvalue weighted by Crippen LogP contribution is -2.59. The molecule has 0 radical (unpaired) electrons. The number of sulfonamides is 1. The second-order valence-corrected chi connectivity index (χ2v) is 15.5. The number of likely N-dealkylation sites (tertiary alicyclic amines) is 1. The highest BCUT2D eigenvalue weighted by atomic mass is 35.5. The Morgan fingerprint density at radius 3 is 2.32 bits per heavy atom. The van der Waals surface area contributed by atoms with Crippen LogP contribution in [0.3, 0.4) is 0 Å². The van der Waals surface area contributed by atoms with Crippen LogP contribution in [0.25, 0.3) is 0 Å². The van der Waals surface area contributed by atoms with Crippen LogP contribution >= 0.6 is 11.6 Å². The summed E-state index contributed by atoms with van der Waals surface area (Å²) in [6, 6.07) is 16.9. The molecule has 0 aliphatic carbocycles. The zero-order chi connectivity index (χ0) is 35.3. The van der Waals surface area contributed by atoms with Crippen molar-refractivity contribution < 1.29 is 27.1 Å². The number of carbonyl (C=O) groups excluding carboxylic acids is 1. The number of halogens is 1. The molecule has 50 heavy (non-hydrogen) atoms. The summed E-state index contributed by atoms with van der Waals surface area (Å²) in [7, 11) is -1.36. The minimum absolute atomic E-state index is 0.0489. The number of benzene rings is 3. The van der Waals surface area contributed by atoms with Crippen molar-refractivity contribution in [2.24, 2.45) is 0 Å². The van der Waals surface area contributed by atoms with Crippen LogP contribution in [-0.4, -0.2) is 87.5 Å². The molecule has 264 valence electrons. The average Bonchev–Trinajstić information content (AvgIpc) is 3.87. The highest BCUT2D eigenvalue weighted by molar-refractivity contribution is 7.93. The van der Waals surface area contributed by atoms with E-state index in [9.17, 15) is 8.42 Å². The van der Waals surface area contributed by atoms with Crippen LogP contribution in [0.4, 0.5) is 5.69 Å². The molecule has 2 atom stereocenters. The largest absolute Gasteiger partial charge is 0.497 e. The van der Waals surface area contributed by atoms with Crippen molar-refractivity contribution in [2.45, 2.75) is 49.2 Å². The van der Waals surface area contributed by atoms with E-state index < -0.39 is 27.0 Å². The molecular weight excluding hydrogens is 678 g/mol. The van der Waals surface area contributed by atoms with Crippen molar-refractivity contribution in [3.05, 3.63) is 101 Å². The number of methoxy groups -OCH3 is 2. The van der Waals surface area contributed by atoms with Crippen LogP contribution in [0, 0.1) is 0 Å². The van der Waals surface area contributed by atoms with Gasteiger partial charge in [0.15, 0.2) is 5.54 Å². The third-order valence-electron chi connectivity index (χ3n) is 10.6. The summed E-state index contributed by atoms with van der Waals surface area (Å²) in [5, 5.41) is 0.366. The predicted octanol–water partition coefficient (Wildman–Crippen LogP) is 5.47. The Morgan fingerprint density at radius 2 is 1.66 bits per heavy atom. The van der Waals surface area contributed by atoms with Crippen molar-refractivity contribution in [2.75, 3.05) is 57.8 Å². The molecule has 4 aromatic rings. The number of rotatable bonds is 10. The van der Waals surface area contributed by atoms with E-state index in [2.05, 4.69) is 26.6 Å². The topological polar surface area (TPSA) is 109 Å². The monoisotopic (exact) mass is 719 g/mol. The van der Waals surface area contributed by atoms with Gasteiger partial charge in [-0.15, -0.1) is 0 Å². The van der Waals surface area contributed by atoms with E-state index in [1.165, 1.54) is 25.5 Å². The van der Waals surface area contributed by atoms with E-state index >= 15 is 4.79 Å². The molecule has 3 aliphatic rings. The summed E-state index contributed by atoms with van der Waals surface area (Å²) in [5.41, 5.74) is -0.406. The van der Waals surface area contributed by atoms with Crippen molar-refractivity contribution >= 4 is 33.2 Å². The van der Waals surface area contributed by atoms with Crippen molar-refractivity contribution in [3.8, 4) is 11.5 Å². The fourth-order valence-electron chi connectivity index (χ4n) is 7.98. The van der Waals surface area contributed by atoms with Crippen LogP contribution in [-0.2, 0) is 32.4 Å². The molecule has 0 saturated carbocycles. The second kappa shape index (κ2) is 13.3. The Bertz CT molecular complexity index is 1980. The Kier molecular flexibility index (Phi) is 9.19. The summed E-state index contributed by atoms with van der Waals surface area (Å²) in [6.07, 6.45) is 4.43. The van der Waals surface area contributed by atoms with E-state index in [0.717, 1.165) is 42.6 Å². The Morgan fingerprint density at radius 1 is 0.920 bits per heavy atom. The fourth-order valence-corrected chi connectivity index (χ4v) is 9.61. The third kappa shape index (κ3) is 5.48. The Balaban J connectivity index is 1.47. The number of aromatic nitrogens is 1. The first-order chi connectivity index (χ1) is 24.1. The first kappa shape index (κ1) is 34.5. The van der Waals surface area contributed by atoms with Gasteiger partial charge in [0.25, 0.3) is 15.9 Å². The minimum Gasteiger partial charge on any atom is -0.497 e. The summed E-state index contributed by atoms with van der Waals surface area (Å²) in [5.74, 6) is 0.729. The van der Waals surface area contributed by atoms with Crippen LogP contribution in [0.2, 0.25) is 5.02 Å². The third-order valence-corrected chi connectivity index (χ3v) is 12.5. The van der Waals surface area contributed by atoms with Crippen LogP contribution in [0.5, 0.6) is 11.5 Å². The predicted molar refractivity (Wildman–Crippen MR) is 190 cm³/mol. The van der Waals surface area contributed by atoms with Gasteiger partial charge in [0.2, 0.25) is 5.89 Å². The van der Waals surface area contributed by atoms with Crippen molar-refractivity contribution in [1.29, 1.82) is 0 Å². The fraction of sp³-hybridized carbons (Fsp3) is 0.405. The average molecular weight is 720 g/mol. The van der Waals surface area contributed by atoms with E-state index in [-0.39, 0.29) is 10.6 Å². The molecule has 1 aromatic heterocycles. The van der Waals surface area contributed by atoms with Gasteiger partial charge in [0, 0.05) is 55.4 Å².